The summed E-state index contributed by atoms with van der Waals surface area (Å²) in [5.74, 6) is 0. The summed E-state index contributed by atoms with van der Waals surface area (Å²) < 4.78 is 2.70. The summed E-state index contributed by atoms with van der Waals surface area (Å²) in [6.07, 6.45) is 2.42. The van der Waals surface area contributed by atoms with Crippen LogP contribution in [0.15, 0.2) is 194 Å². The molecule has 2 aliphatic heterocycles. The van der Waals surface area contributed by atoms with Crippen LogP contribution < -0.4 is 30.4 Å². The molecule has 3 heterocycles. The fraction of sp³-hybridized carbons (Fsp3) is 0.138. The molecule has 0 N–H and O–H groups in total. The molecular weight excluding hydrogens is 782 g/mol. The van der Waals surface area contributed by atoms with Gasteiger partial charge in [-0.2, -0.15) is 0 Å². The van der Waals surface area contributed by atoms with Gasteiger partial charge in [0.2, 0.25) is 0 Å². The lowest BCUT2D eigenvalue weighted by Gasteiger charge is -2.43. The lowest BCUT2D eigenvalue weighted by atomic mass is 9.36. The van der Waals surface area contributed by atoms with Crippen molar-refractivity contribution >= 4 is 95.0 Å². The predicted molar refractivity (Wildman–Crippen MR) is 271 cm³/mol. The second-order valence-corrected chi connectivity index (χ2v) is 19.9. The van der Waals surface area contributed by atoms with Gasteiger partial charge in [-0.15, -0.1) is 11.3 Å². The van der Waals surface area contributed by atoms with Crippen LogP contribution in [0.5, 0.6) is 0 Å². The van der Waals surface area contributed by atoms with E-state index in [1.54, 1.807) is 0 Å². The number of benzene rings is 8. The van der Waals surface area contributed by atoms with Gasteiger partial charge in [-0.3, -0.25) is 0 Å². The molecular formula is C58H48BN3S. The number of rotatable bonds is 6. The van der Waals surface area contributed by atoms with Crippen LogP contribution in [0.4, 0.5) is 51.2 Å². The number of hydrogen-bond acceptors (Lipinski definition) is 4. The van der Waals surface area contributed by atoms with Crippen molar-refractivity contribution in [2.45, 2.75) is 51.4 Å². The first-order valence-corrected chi connectivity index (χ1v) is 23.2. The molecule has 0 spiro atoms. The maximum Gasteiger partial charge on any atom is 0.264 e. The second-order valence-electron chi connectivity index (χ2n) is 18.8. The summed E-state index contributed by atoms with van der Waals surface area (Å²) in [7, 11) is 0. The van der Waals surface area contributed by atoms with Crippen molar-refractivity contribution in [1.29, 1.82) is 0 Å². The van der Waals surface area contributed by atoms with Crippen LogP contribution in [0, 0.1) is 0 Å². The first-order valence-electron chi connectivity index (χ1n) is 22.3. The highest BCUT2D eigenvalue weighted by Crippen LogP contribution is 2.50. The van der Waals surface area contributed by atoms with Crippen molar-refractivity contribution in [3.8, 4) is 11.1 Å². The smallest absolute Gasteiger partial charge is 0.264 e. The summed E-state index contributed by atoms with van der Waals surface area (Å²) in [5, 5.41) is 1.30. The molecule has 0 saturated heterocycles. The largest absolute Gasteiger partial charge is 0.311 e. The van der Waals surface area contributed by atoms with E-state index in [0.717, 1.165) is 22.7 Å². The molecule has 0 fully saturated rings. The van der Waals surface area contributed by atoms with E-state index in [2.05, 4.69) is 237 Å². The summed E-state index contributed by atoms with van der Waals surface area (Å²) in [6, 6.07) is 72.0. The fourth-order valence-corrected chi connectivity index (χ4v) is 12.1. The van der Waals surface area contributed by atoms with Crippen LogP contribution >= 0.6 is 11.3 Å². The van der Waals surface area contributed by atoms with Gasteiger partial charge in [-0.25, -0.2) is 0 Å². The third-order valence-electron chi connectivity index (χ3n) is 14.1. The highest BCUT2D eigenvalue weighted by atomic mass is 32.1. The van der Waals surface area contributed by atoms with Gasteiger partial charge >= 0.3 is 0 Å². The number of fused-ring (bicyclic) bond motifs is 7. The maximum absolute atomic E-state index is 2.56. The van der Waals surface area contributed by atoms with Gasteiger partial charge in [0.05, 0.1) is 5.69 Å². The Hall–Kier alpha value is -6.82. The summed E-state index contributed by atoms with van der Waals surface area (Å²) in [4.78, 5) is 7.41. The SMILES string of the molecule is CC1(C)CCC(C)(C)c2cc(-c3ccc4sc5c(c4c3)N(c3ccccc3)c3cccc4c3B5c3ccccc3N4c3cccc(N(c4ccccc4)c4ccccc4)c3)ccc21. The molecule has 304 valence electrons. The molecule has 0 saturated carbocycles. The number of thiophene rings is 1. The Morgan fingerprint density at radius 3 is 1.76 bits per heavy atom. The van der Waals surface area contributed by atoms with Gasteiger partial charge in [0.15, 0.2) is 0 Å². The maximum atomic E-state index is 2.56. The van der Waals surface area contributed by atoms with Crippen LogP contribution in [0.1, 0.15) is 51.7 Å². The van der Waals surface area contributed by atoms with Crippen molar-refractivity contribution < 1.29 is 0 Å². The van der Waals surface area contributed by atoms with Gasteiger partial charge in [0, 0.05) is 60.4 Å². The topological polar surface area (TPSA) is 9.72 Å². The van der Waals surface area contributed by atoms with E-state index >= 15 is 0 Å². The number of nitrogens with zero attached hydrogens (tertiary/aromatic N) is 3. The van der Waals surface area contributed by atoms with Gasteiger partial charge in [0.1, 0.15) is 0 Å². The highest BCUT2D eigenvalue weighted by Gasteiger charge is 2.45. The van der Waals surface area contributed by atoms with Crippen LogP contribution in [-0.2, 0) is 10.8 Å². The molecule has 3 aliphatic rings. The van der Waals surface area contributed by atoms with E-state index in [1.165, 1.54) is 89.3 Å². The monoisotopic (exact) mass is 829 g/mol. The molecule has 0 bridgehead atoms. The predicted octanol–water partition coefficient (Wildman–Crippen LogP) is 14.5. The molecule has 8 aromatic carbocycles. The minimum absolute atomic E-state index is 0.0690. The Kier molecular flexibility index (Phi) is 8.65. The van der Waals surface area contributed by atoms with Crippen molar-refractivity contribution in [3.05, 3.63) is 205 Å². The Bertz CT molecular complexity index is 3170. The van der Waals surface area contributed by atoms with Crippen LogP contribution in [0.2, 0.25) is 0 Å². The Morgan fingerprint density at radius 2 is 1.03 bits per heavy atom. The zero-order valence-corrected chi connectivity index (χ0v) is 37.0. The molecule has 1 aromatic heterocycles. The van der Waals surface area contributed by atoms with Crippen LogP contribution in [-0.4, -0.2) is 6.71 Å². The van der Waals surface area contributed by atoms with Crippen molar-refractivity contribution in [2.24, 2.45) is 0 Å². The first-order chi connectivity index (χ1) is 30.7. The Morgan fingerprint density at radius 1 is 0.476 bits per heavy atom. The van der Waals surface area contributed by atoms with Crippen molar-refractivity contribution in [2.75, 3.05) is 14.7 Å². The lowest BCUT2D eigenvalue weighted by Crippen LogP contribution is -2.60. The average molecular weight is 830 g/mol. The van der Waals surface area contributed by atoms with E-state index in [0.29, 0.717) is 0 Å². The molecule has 0 radical (unpaired) electrons. The Balaban J connectivity index is 1.05. The van der Waals surface area contributed by atoms with Crippen molar-refractivity contribution in [1.82, 2.24) is 0 Å². The van der Waals surface area contributed by atoms with Crippen LogP contribution in [0.25, 0.3) is 21.2 Å². The molecule has 63 heavy (non-hydrogen) atoms. The van der Waals surface area contributed by atoms with Crippen molar-refractivity contribution in [3.63, 3.8) is 0 Å². The molecule has 5 heteroatoms. The number of para-hydroxylation sites is 4. The molecule has 3 nitrogen and oxygen atoms in total. The van der Waals surface area contributed by atoms with Gasteiger partial charge in [-0.05, 0) is 142 Å². The van der Waals surface area contributed by atoms with E-state index < -0.39 is 0 Å². The van der Waals surface area contributed by atoms with E-state index in [1.807, 2.05) is 11.3 Å². The fourth-order valence-electron chi connectivity index (χ4n) is 10.8. The summed E-state index contributed by atoms with van der Waals surface area (Å²) in [5.41, 5.74) is 19.1. The molecule has 0 atom stereocenters. The van der Waals surface area contributed by atoms with Gasteiger partial charge < -0.3 is 14.7 Å². The molecule has 0 unspecified atom stereocenters. The van der Waals surface area contributed by atoms with E-state index in [4.69, 9.17) is 0 Å². The third kappa shape index (κ3) is 6.01. The third-order valence-corrected chi connectivity index (χ3v) is 15.3. The second kappa shape index (κ2) is 14.4. The minimum atomic E-state index is 0.0690. The molecule has 9 aromatic rings. The normalized spacial score (nSPS) is 15.3. The molecule has 12 rings (SSSR count). The standard InChI is InChI=1S/C58H48BN3S/c1-57(2)34-35-58(3,4)48-37-40(30-32-47(48)57)39-31-33-53-46(36-39)55-56(63-53)59-49-26-14-15-27-50(49)61(51-28-17-29-52(54(51)59)62(55)43-22-12-7-13-23-43)45-25-16-24-44(38-45)60(41-18-8-5-9-19-41)42-20-10-6-11-21-42/h5-33,36-38H,34-35H2,1-4H3. The van der Waals surface area contributed by atoms with Gasteiger partial charge in [0.25, 0.3) is 6.71 Å². The average Bonchev–Trinajstić information content (AvgIpc) is 3.70. The minimum Gasteiger partial charge on any atom is -0.311 e. The number of anilines is 9. The molecule has 1 aliphatic carbocycles. The first kappa shape index (κ1) is 37.9. The van der Waals surface area contributed by atoms with Crippen LogP contribution in [0.3, 0.4) is 0 Å². The summed E-state index contributed by atoms with van der Waals surface area (Å²) >= 11 is 1.96. The van der Waals surface area contributed by atoms with E-state index in [-0.39, 0.29) is 17.5 Å². The lowest BCUT2D eigenvalue weighted by molar-refractivity contribution is 0.332. The summed E-state index contributed by atoms with van der Waals surface area (Å²) in [6.45, 7) is 9.75. The molecule has 0 amide bonds. The van der Waals surface area contributed by atoms with E-state index in [9.17, 15) is 0 Å². The Labute approximate surface area is 375 Å². The van der Waals surface area contributed by atoms with Gasteiger partial charge in [-0.1, -0.05) is 137 Å². The quantitative estimate of drug-likeness (QED) is 0.155. The highest BCUT2D eigenvalue weighted by molar-refractivity contribution is 7.33. The zero-order valence-electron chi connectivity index (χ0n) is 36.2. The zero-order chi connectivity index (χ0) is 42.5. The number of hydrogen-bond donors (Lipinski definition) is 0.